The van der Waals surface area contributed by atoms with Crippen molar-refractivity contribution in [2.75, 3.05) is 7.11 Å². The molecule has 0 spiro atoms. The van der Waals surface area contributed by atoms with E-state index in [0.717, 1.165) is 32.1 Å². The monoisotopic (exact) mass is 374 g/mol. The molecule has 1 N–H and O–H groups in total. The Bertz CT molecular complexity index is 907. The number of benzene rings is 1. The number of carboxylic acids is 1. The molecule has 1 atom stereocenters. The number of fused-ring (bicyclic) bond motifs is 1. The van der Waals surface area contributed by atoms with Crippen LogP contribution in [0.2, 0.25) is 0 Å². The number of ether oxygens (including phenoxy) is 1. The summed E-state index contributed by atoms with van der Waals surface area (Å²) in [7, 11) is 1.64. The summed E-state index contributed by atoms with van der Waals surface area (Å²) in [5, 5.41) is 12.6. The molecule has 3 aromatic rings. The highest BCUT2D eigenvalue weighted by atomic mass is 32.2. The number of thioether (sulfide) groups is 1. The largest absolute Gasteiger partial charge is 0.497 e. The molecule has 0 saturated heterocycles. The molecule has 1 unspecified atom stereocenters. The van der Waals surface area contributed by atoms with Crippen molar-refractivity contribution in [1.82, 2.24) is 9.97 Å². The van der Waals surface area contributed by atoms with Gasteiger partial charge in [-0.25, -0.2) is 9.97 Å². The van der Waals surface area contributed by atoms with Crippen LogP contribution in [0.3, 0.4) is 0 Å². The normalized spacial score (nSPS) is 12.3. The zero-order valence-corrected chi connectivity index (χ0v) is 15.8. The second kappa shape index (κ2) is 7.41. The summed E-state index contributed by atoms with van der Waals surface area (Å²) in [6.45, 7) is 3.70. The average Bonchev–Trinajstić information content (AvgIpc) is 3.03. The molecule has 0 amide bonds. The van der Waals surface area contributed by atoms with E-state index in [1.54, 1.807) is 18.4 Å². The third-order valence-electron chi connectivity index (χ3n) is 3.81. The molecule has 2 heterocycles. The maximum Gasteiger partial charge on any atom is 0.317 e. The molecule has 0 saturated carbocycles. The Balaban J connectivity index is 2.12. The number of thiophene rings is 1. The van der Waals surface area contributed by atoms with Crippen molar-refractivity contribution >= 4 is 39.3 Å². The van der Waals surface area contributed by atoms with Crippen molar-refractivity contribution in [3.63, 3.8) is 0 Å². The summed E-state index contributed by atoms with van der Waals surface area (Å²) in [5.41, 5.74) is 2.05. The standard InChI is InChI=1S/C18H18N2O3S2/c1-4-14(18(21)22)25-17-15-13(9-24-16(15)19-10(2)20-17)11-5-7-12(23-3)8-6-11/h5-9,14H,4H2,1-3H3,(H,21,22). The zero-order valence-electron chi connectivity index (χ0n) is 14.1. The summed E-state index contributed by atoms with van der Waals surface area (Å²) in [6.07, 6.45) is 0.534. The first kappa shape index (κ1) is 17.7. The molecule has 0 aliphatic rings. The van der Waals surface area contributed by atoms with Crippen LogP contribution >= 0.6 is 23.1 Å². The van der Waals surface area contributed by atoms with Gasteiger partial charge in [0.05, 0.1) is 12.5 Å². The highest BCUT2D eigenvalue weighted by molar-refractivity contribution is 8.00. The topological polar surface area (TPSA) is 72.3 Å². The second-order valence-electron chi connectivity index (χ2n) is 5.49. The molecular formula is C18H18N2O3S2. The lowest BCUT2D eigenvalue weighted by atomic mass is 10.1. The highest BCUT2D eigenvalue weighted by Crippen LogP contribution is 2.40. The smallest absolute Gasteiger partial charge is 0.317 e. The van der Waals surface area contributed by atoms with Crippen LogP contribution in [0.1, 0.15) is 19.2 Å². The first-order valence-electron chi connectivity index (χ1n) is 7.83. The van der Waals surface area contributed by atoms with Gasteiger partial charge in [0.15, 0.2) is 0 Å². The van der Waals surface area contributed by atoms with Crippen LogP contribution in [0.25, 0.3) is 21.3 Å². The fourth-order valence-corrected chi connectivity index (χ4v) is 4.63. The van der Waals surface area contributed by atoms with Crippen molar-refractivity contribution in [3.8, 4) is 16.9 Å². The number of aromatic nitrogens is 2. The number of methoxy groups -OCH3 is 1. The summed E-state index contributed by atoms with van der Waals surface area (Å²) >= 11 is 2.84. The lowest BCUT2D eigenvalue weighted by Gasteiger charge is -2.11. The van der Waals surface area contributed by atoms with Gasteiger partial charge in [0.25, 0.3) is 0 Å². The molecule has 5 nitrogen and oxygen atoms in total. The summed E-state index contributed by atoms with van der Waals surface area (Å²) in [6, 6.07) is 7.80. The first-order valence-corrected chi connectivity index (χ1v) is 9.59. The van der Waals surface area contributed by atoms with E-state index in [1.165, 1.54) is 11.8 Å². The van der Waals surface area contributed by atoms with Crippen LogP contribution < -0.4 is 4.74 Å². The number of nitrogens with zero attached hydrogens (tertiary/aromatic N) is 2. The predicted octanol–water partition coefficient (Wildman–Crippen LogP) is 4.63. The van der Waals surface area contributed by atoms with E-state index in [-0.39, 0.29) is 0 Å². The van der Waals surface area contributed by atoms with E-state index < -0.39 is 11.2 Å². The Morgan fingerprint density at radius 1 is 1.32 bits per heavy atom. The molecule has 0 aliphatic carbocycles. The quantitative estimate of drug-likeness (QED) is 0.501. The molecule has 130 valence electrons. The predicted molar refractivity (Wildman–Crippen MR) is 102 cm³/mol. The van der Waals surface area contributed by atoms with Crippen molar-refractivity contribution in [2.24, 2.45) is 0 Å². The molecule has 1 aromatic carbocycles. The van der Waals surface area contributed by atoms with Crippen LogP contribution in [0.4, 0.5) is 0 Å². The van der Waals surface area contributed by atoms with Gasteiger partial charge in [0.2, 0.25) is 0 Å². The molecule has 0 bridgehead atoms. The van der Waals surface area contributed by atoms with E-state index in [1.807, 2.05) is 43.5 Å². The fraction of sp³-hybridized carbons (Fsp3) is 0.278. The van der Waals surface area contributed by atoms with Crippen LogP contribution in [0, 0.1) is 6.92 Å². The lowest BCUT2D eigenvalue weighted by Crippen LogP contribution is -2.15. The SMILES string of the molecule is CCC(Sc1nc(C)nc2scc(-c3ccc(OC)cc3)c12)C(=O)O. The van der Waals surface area contributed by atoms with E-state index in [0.29, 0.717) is 12.2 Å². The molecule has 3 rings (SSSR count). The van der Waals surface area contributed by atoms with E-state index in [9.17, 15) is 9.90 Å². The van der Waals surface area contributed by atoms with Crippen LogP contribution in [0.15, 0.2) is 34.7 Å². The van der Waals surface area contributed by atoms with Crippen LogP contribution in [0.5, 0.6) is 5.75 Å². The van der Waals surface area contributed by atoms with Crippen molar-refractivity contribution in [2.45, 2.75) is 30.5 Å². The molecule has 7 heteroatoms. The second-order valence-corrected chi connectivity index (χ2v) is 7.54. The van der Waals surface area contributed by atoms with Crippen molar-refractivity contribution in [1.29, 1.82) is 0 Å². The maximum atomic E-state index is 11.4. The third-order valence-corrected chi connectivity index (χ3v) is 6.02. The van der Waals surface area contributed by atoms with Gasteiger partial charge in [-0.1, -0.05) is 30.8 Å². The minimum atomic E-state index is -0.821. The number of rotatable bonds is 6. The Labute approximate surface area is 154 Å². The third kappa shape index (κ3) is 3.62. The van der Waals surface area contributed by atoms with Gasteiger partial charge >= 0.3 is 5.97 Å². The maximum absolute atomic E-state index is 11.4. The Morgan fingerprint density at radius 3 is 2.64 bits per heavy atom. The van der Waals surface area contributed by atoms with Crippen molar-refractivity contribution in [3.05, 3.63) is 35.5 Å². The van der Waals surface area contributed by atoms with Crippen LogP contribution in [-0.2, 0) is 4.79 Å². The molecular weight excluding hydrogens is 356 g/mol. The van der Waals surface area contributed by atoms with Gasteiger partial charge in [0.1, 0.15) is 26.7 Å². The van der Waals surface area contributed by atoms with E-state index in [2.05, 4.69) is 9.97 Å². The minimum absolute atomic E-state index is 0.527. The van der Waals surface area contributed by atoms with Gasteiger partial charge < -0.3 is 9.84 Å². The summed E-state index contributed by atoms with van der Waals surface area (Å²) in [4.78, 5) is 21.4. The average molecular weight is 374 g/mol. The Kier molecular flexibility index (Phi) is 5.24. The van der Waals surface area contributed by atoms with Gasteiger partial charge in [0, 0.05) is 10.9 Å². The first-order chi connectivity index (χ1) is 12.0. The molecule has 25 heavy (non-hydrogen) atoms. The number of aryl methyl sites for hydroxylation is 1. The van der Waals surface area contributed by atoms with Gasteiger partial charge in [-0.15, -0.1) is 11.3 Å². The fourth-order valence-electron chi connectivity index (χ4n) is 2.52. The highest BCUT2D eigenvalue weighted by Gasteiger charge is 2.22. The Morgan fingerprint density at radius 2 is 2.04 bits per heavy atom. The number of aliphatic carboxylic acids is 1. The number of hydrogen-bond acceptors (Lipinski definition) is 6. The summed E-state index contributed by atoms with van der Waals surface area (Å²) in [5.74, 6) is 0.624. The van der Waals surface area contributed by atoms with Crippen LogP contribution in [-0.4, -0.2) is 33.4 Å². The van der Waals surface area contributed by atoms with E-state index in [4.69, 9.17) is 4.74 Å². The molecule has 2 aromatic heterocycles. The van der Waals surface area contributed by atoms with Gasteiger partial charge in [-0.2, -0.15) is 0 Å². The minimum Gasteiger partial charge on any atom is -0.497 e. The zero-order chi connectivity index (χ0) is 18.0. The van der Waals surface area contributed by atoms with Gasteiger partial charge in [-0.3, -0.25) is 4.79 Å². The van der Waals surface area contributed by atoms with E-state index >= 15 is 0 Å². The molecule has 0 aliphatic heterocycles. The number of hydrogen-bond donors (Lipinski definition) is 1. The molecule has 0 fully saturated rings. The molecule has 0 radical (unpaired) electrons. The lowest BCUT2D eigenvalue weighted by molar-refractivity contribution is -0.136. The number of carboxylic acid groups (broad SMARTS) is 1. The van der Waals surface area contributed by atoms with Gasteiger partial charge in [-0.05, 0) is 31.0 Å². The Hall–Kier alpha value is -2.12. The number of carbonyl (C=O) groups is 1. The summed E-state index contributed by atoms with van der Waals surface area (Å²) < 4.78 is 5.22. The van der Waals surface area contributed by atoms with Crippen molar-refractivity contribution < 1.29 is 14.6 Å².